The van der Waals surface area contributed by atoms with Gasteiger partial charge in [0.2, 0.25) is 11.8 Å². The zero-order valence-electron chi connectivity index (χ0n) is 19.7. The number of rotatable bonds is 12. The molecule has 0 radical (unpaired) electrons. The molecule has 2 heterocycles. The highest BCUT2D eigenvalue weighted by Gasteiger charge is 2.11. The molecule has 32 heavy (non-hydrogen) atoms. The van der Waals surface area contributed by atoms with Crippen LogP contribution in [0.4, 0.5) is 0 Å². The van der Waals surface area contributed by atoms with Gasteiger partial charge < -0.3 is 20.4 Å². The summed E-state index contributed by atoms with van der Waals surface area (Å²) in [5.41, 5.74) is 1.98. The summed E-state index contributed by atoms with van der Waals surface area (Å²) in [6.45, 7) is 8.46. The van der Waals surface area contributed by atoms with Crippen LogP contribution in [0.2, 0.25) is 0 Å². The van der Waals surface area contributed by atoms with E-state index in [1.807, 2.05) is 24.3 Å². The fraction of sp³-hybridized carbons (Fsp3) is 0.692. The highest BCUT2D eigenvalue weighted by molar-refractivity contribution is 5.79. The Kier molecular flexibility index (Phi) is 11.0. The van der Waals surface area contributed by atoms with Crippen LogP contribution in [0.5, 0.6) is 0 Å². The van der Waals surface area contributed by atoms with Crippen molar-refractivity contribution in [3.63, 3.8) is 0 Å². The molecule has 2 saturated heterocycles. The largest absolute Gasteiger partial charge is 0.356 e. The second-order valence-corrected chi connectivity index (χ2v) is 9.38. The van der Waals surface area contributed by atoms with Crippen LogP contribution in [-0.4, -0.2) is 74.0 Å². The molecule has 6 heteroatoms. The second-order valence-electron chi connectivity index (χ2n) is 9.38. The van der Waals surface area contributed by atoms with E-state index >= 15 is 0 Å². The van der Waals surface area contributed by atoms with E-state index in [2.05, 4.69) is 20.4 Å². The molecule has 2 aliphatic heterocycles. The molecule has 2 N–H and O–H groups in total. The summed E-state index contributed by atoms with van der Waals surface area (Å²) in [6.07, 6.45) is 10.8. The molecule has 0 spiro atoms. The number of piperidine rings is 2. The third-order valence-electron chi connectivity index (χ3n) is 6.60. The van der Waals surface area contributed by atoms with Crippen LogP contribution >= 0.6 is 0 Å². The maximum Gasteiger partial charge on any atom is 0.224 e. The summed E-state index contributed by atoms with van der Waals surface area (Å²) in [7, 11) is 0. The van der Waals surface area contributed by atoms with E-state index in [4.69, 9.17) is 0 Å². The molecule has 0 atom stereocenters. The predicted molar refractivity (Wildman–Crippen MR) is 130 cm³/mol. The Morgan fingerprint density at radius 3 is 1.38 bits per heavy atom. The molecule has 2 amide bonds. The summed E-state index contributed by atoms with van der Waals surface area (Å²) in [4.78, 5) is 29.4. The van der Waals surface area contributed by atoms with Crippen molar-refractivity contribution in [1.29, 1.82) is 0 Å². The molecule has 1 aromatic rings. The Morgan fingerprint density at radius 2 is 1.00 bits per heavy atom. The average molecular weight is 443 g/mol. The van der Waals surface area contributed by atoms with Crippen molar-refractivity contribution in [3.05, 3.63) is 35.4 Å². The van der Waals surface area contributed by atoms with E-state index in [-0.39, 0.29) is 11.8 Å². The lowest BCUT2D eigenvalue weighted by molar-refractivity contribution is -0.121. The van der Waals surface area contributed by atoms with Crippen LogP contribution in [0.1, 0.15) is 62.5 Å². The van der Waals surface area contributed by atoms with Gasteiger partial charge in [-0.1, -0.05) is 37.1 Å². The van der Waals surface area contributed by atoms with Crippen molar-refractivity contribution in [1.82, 2.24) is 20.4 Å². The number of carbonyl (C=O) groups excluding carboxylic acids is 2. The molecule has 2 fully saturated rings. The van der Waals surface area contributed by atoms with Gasteiger partial charge in [-0.05, 0) is 88.9 Å². The summed E-state index contributed by atoms with van der Waals surface area (Å²) in [6, 6.07) is 7.86. The number of amides is 2. The number of hydrogen-bond donors (Lipinski definition) is 2. The molecule has 0 unspecified atom stereocenters. The Labute approximate surface area is 194 Å². The van der Waals surface area contributed by atoms with Crippen molar-refractivity contribution < 1.29 is 9.59 Å². The van der Waals surface area contributed by atoms with Gasteiger partial charge in [0, 0.05) is 13.1 Å². The molecule has 178 valence electrons. The van der Waals surface area contributed by atoms with Gasteiger partial charge in [-0.2, -0.15) is 0 Å². The molecular weight excluding hydrogens is 400 g/mol. The van der Waals surface area contributed by atoms with Crippen LogP contribution in [0.3, 0.4) is 0 Å². The zero-order valence-corrected chi connectivity index (χ0v) is 19.7. The molecule has 3 rings (SSSR count). The standard InChI is InChI=1S/C26H42N4O2/c31-25(27-13-7-19-29-15-3-1-4-16-29)21-23-9-11-24(12-10-23)22-26(32)28-14-8-20-30-17-5-2-6-18-30/h9-12H,1-8,13-22H2,(H,27,31)(H,28,32). The molecule has 0 saturated carbocycles. The topological polar surface area (TPSA) is 64.7 Å². The monoisotopic (exact) mass is 442 g/mol. The Hall–Kier alpha value is -1.92. The Balaban J connectivity index is 1.25. The lowest BCUT2D eigenvalue weighted by Crippen LogP contribution is -2.33. The van der Waals surface area contributed by atoms with Gasteiger partial charge in [-0.3, -0.25) is 9.59 Å². The Morgan fingerprint density at radius 1 is 0.625 bits per heavy atom. The zero-order chi connectivity index (χ0) is 22.4. The van der Waals surface area contributed by atoms with Gasteiger partial charge in [-0.25, -0.2) is 0 Å². The number of benzene rings is 1. The van der Waals surface area contributed by atoms with Gasteiger partial charge >= 0.3 is 0 Å². The number of carbonyl (C=O) groups is 2. The summed E-state index contributed by atoms with van der Waals surface area (Å²) in [5, 5.41) is 6.07. The van der Waals surface area contributed by atoms with Crippen molar-refractivity contribution in [2.45, 2.75) is 64.2 Å². The van der Waals surface area contributed by atoms with E-state index in [1.165, 1.54) is 64.7 Å². The first kappa shape index (κ1) is 24.7. The minimum atomic E-state index is 0.0721. The number of likely N-dealkylation sites (tertiary alicyclic amines) is 2. The van der Waals surface area contributed by atoms with E-state index in [1.54, 1.807) is 0 Å². The number of nitrogens with zero attached hydrogens (tertiary/aromatic N) is 2. The van der Waals surface area contributed by atoms with E-state index < -0.39 is 0 Å². The van der Waals surface area contributed by atoms with Crippen LogP contribution in [0.15, 0.2) is 24.3 Å². The first-order chi connectivity index (χ1) is 15.7. The maximum atomic E-state index is 12.2. The van der Waals surface area contributed by atoms with Crippen molar-refractivity contribution in [2.24, 2.45) is 0 Å². The number of nitrogens with one attached hydrogen (secondary N) is 2. The molecule has 0 aliphatic carbocycles. The highest BCUT2D eigenvalue weighted by Crippen LogP contribution is 2.10. The van der Waals surface area contributed by atoms with Gasteiger partial charge in [0.25, 0.3) is 0 Å². The second kappa shape index (κ2) is 14.3. The molecule has 1 aromatic carbocycles. The van der Waals surface area contributed by atoms with Crippen LogP contribution in [0.25, 0.3) is 0 Å². The maximum absolute atomic E-state index is 12.2. The molecule has 0 bridgehead atoms. The van der Waals surface area contributed by atoms with Gasteiger partial charge in [0.15, 0.2) is 0 Å². The van der Waals surface area contributed by atoms with Gasteiger partial charge in [0.1, 0.15) is 0 Å². The van der Waals surface area contributed by atoms with Gasteiger partial charge in [-0.15, -0.1) is 0 Å². The summed E-state index contributed by atoms with van der Waals surface area (Å²) < 4.78 is 0. The van der Waals surface area contributed by atoms with Crippen LogP contribution < -0.4 is 10.6 Å². The minimum absolute atomic E-state index is 0.0721. The third kappa shape index (κ3) is 9.70. The van der Waals surface area contributed by atoms with Crippen molar-refractivity contribution in [2.75, 3.05) is 52.4 Å². The van der Waals surface area contributed by atoms with E-state index in [9.17, 15) is 9.59 Å². The van der Waals surface area contributed by atoms with E-state index in [0.29, 0.717) is 12.8 Å². The lowest BCUT2D eigenvalue weighted by Gasteiger charge is -2.26. The molecule has 0 aromatic heterocycles. The normalized spacial score (nSPS) is 17.8. The summed E-state index contributed by atoms with van der Waals surface area (Å²) >= 11 is 0. The molecule has 2 aliphatic rings. The van der Waals surface area contributed by atoms with Crippen LogP contribution in [-0.2, 0) is 22.4 Å². The first-order valence-electron chi connectivity index (χ1n) is 12.7. The minimum Gasteiger partial charge on any atom is -0.356 e. The Bertz CT molecular complexity index is 621. The average Bonchev–Trinajstić information content (AvgIpc) is 2.82. The van der Waals surface area contributed by atoms with Crippen molar-refractivity contribution >= 4 is 11.8 Å². The summed E-state index contributed by atoms with van der Waals surface area (Å²) in [5.74, 6) is 0.144. The highest BCUT2D eigenvalue weighted by atomic mass is 16.2. The molecule has 6 nitrogen and oxygen atoms in total. The van der Waals surface area contributed by atoms with E-state index in [0.717, 1.165) is 50.1 Å². The van der Waals surface area contributed by atoms with Gasteiger partial charge in [0.05, 0.1) is 12.8 Å². The predicted octanol–water partition coefficient (Wildman–Crippen LogP) is 2.76. The first-order valence-corrected chi connectivity index (χ1v) is 12.7. The van der Waals surface area contributed by atoms with Crippen LogP contribution in [0, 0.1) is 0 Å². The fourth-order valence-corrected chi connectivity index (χ4v) is 4.70. The third-order valence-corrected chi connectivity index (χ3v) is 6.60. The van der Waals surface area contributed by atoms with Crippen molar-refractivity contribution in [3.8, 4) is 0 Å². The smallest absolute Gasteiger partial charge is 0.224 e. The molecular formula is C26H42N4O2. The number of hydrogen-bond acceptors (Lipinski definition) is 4. The SMILES string of the molecule is O=C(Cc1ccc(CC(=O)NCCCN2CCCCC2)cc1)NCCCN1CCCCC1. The quantitative estimate of drug-likeness (QED) is 0.489. The fourth-order valence-electron chi connectivity index (χ4n) is 4.70. The lowest BCUT2D eigenvalue weighted by atomic mass is 10.1.